The van der Waals surface area contributed by atoms with Crippen LogP contribution in [0.15, 0.2) is 35.5 Å². The molecule has 0 radical (unpaired) electrons. The molecule has 0 spiro atoms. The molecule has 184 valence electrons. The van der Waals surface area contributed by atoms with Gasteiger partial charge in [-0.15, -0.1) is 0 Å². The molecule has 2 atom stereocenters. The lowest BCUT2D eigenvalue weighted by Crippen LogP contribution is -2.51. The summed E-state index contributed by atoms with van der Waals surface area (Å²) >= 11 is 0. The molecule has 0 aliphatic carbocycles. The van der Waals surface area contributed by atoms with Gasteiger partial charge in [0.1, 0.15) is 23.7 Å². The van der Waals surface area contributed by atoms with E-state index in [0.29, 0.717) is 23.6 Å². The van der Waals surface area contributed by atoms with E-state index >= 15 is 0 Å². The maximum Gasteiger partial charge on any atom is 0.414 e. The summed E-state index contributed by atoms with van der Waals surface area (Å²) < 4.78 is 32.1. The van der Waals surface area contributed by atoms with Gasteiger partial charge in [-0.3, -0.25) is 4.79 Å². The third-order valence-corrected chi connectivity index (χ3v) is 7.10. The van der Waals surface area contributed by atoms with Crippen LogP contribution in [0.3, 0.4) is 0 Å². The highest BCUT2D eigenvalue weighted by atomic mass is 32.2. The van der Waals surface area contributed by atoms with Crippen molar-refractivity contribution >= 4 is 28.0 Å². The SMILES string of the molecule is Cc1nc(S(=O)(=O)N2CCC[C@H]2C(=O)N[C@@H](Cc2ccc(OC(=O)N(C)C)cc2)C(=O)O)c[nH]1. The van der Waals surface area contributed by atoms with Crippen LogP contribution in [0, 0.1) is 6.92 Å². The smallest absolute Gasteiger partial charge is 0.414 e. The lowest BCUT2D eigenvalue weighted by atomic mass is 10.1. The van der Waals surface area contributed by atoms with E-state index in [1.165, 1.54) is 23.2 Å². The minimum absolute atomic E-state index is 0.0407. The van der Waals surface area contributed by atoms with Crippen LogP contribution < -0.4 is 10.1 Å². The number of carboxylic acids is 1. The van der Waals surface area contributed by atoms with Crippen molar-refractivity contribution in [2.24, 2.45) is 0 Å². The fraction of sp³-hybridized carbons (Fsp3) is 0.429. The van der Waals surface area contributed by atoms with E-state index in [1.54, 1.807) is 33.2 Å². The van der Waals surface area contributed by atoms with Gasteiger partial charge in [-0.2, -0.15) is 4.31 Å². The maximum absolute atomic E-state index is 12.9. The summed E-state index contributed by atoms with van der Waals surface area (Å²) in [7, 11) is -0.920. The van der Waals surface area contributed by atoms with Gasteiger partial charge in [-0.25, -0.2) is 23.0 Å². The molecule has 1 aliphatic rings. The number of hydrogen-bond donors (Lipinski definition) is 3. The Morgan fingerprint density at radius 3 is 2.53 bits per heavy atom. The average molecular weight is 494 g/mol. The maximum atomic E-state index is 12.9. The predicted octanol–water partition coefficient (Wildman–Crippen LogP) is 0.744. The van der Waals surface area contributed by atoms with Gasteiger partial charge in [0.2, 0.25) is 5.91 Å². The second-order valence-electron chi connectivity index (χ2n) is 8.11. The first-order valence-electron chi connectivity index (χ1n) is 10.5. The fourth-order valence-corrected chi connectivity index (χ4v) is 5.13. The Morgan fingerprint density at radius 1 is 1.29 bits per heavy atom. The van der Waals surface area contributed by atoms with Gasteiger partial charge in [-0.05, 0) is 37.5 Å². The first-order valence-corrected chi connectivity index (χ1v) is 12.0. The number of aryl methyl sites for hydroxylation is 1. The minimum Gasteiger partial charge on any atom is -0.480 e. The summed E-state index contributed by atoms with van der Waals surface area (Å²) in [6.07, 6.45) is 1.40. The van der Waals surface area contributed by atoms with Crippen molar-refractivity contribution in [3.63, 3.8) is 0 Å². The number of nitrogens with one attached hydrogen (secondary N) is 2. The third kappa shape index (κ3) is 5.72. The molecule has 0 saturated carbocycles. The molecule has 34 heavy (non-hydrogen) atoms. The predicted molar refractivity (Wildman–Crippen MR) is 120 cm³/mol. The monoisotopic (exact) mass is 493 g/mol. The number of rotatable bonds is 8. The topological polar surface area (TPSA) is 162 Å². The molecule has 1 saturated heterocycles. The minimum atomic E-state index is -4.01. The molecule has 1 fully saturated rings. The van der Waals surface area contributed by atoms with Crippen LogP contribution >= 0.6 is 0 Å². The average Bonchev–Trinajstić information content (AvgIpc) is 3.44. The zero-order chi connectivity index (χ0) is 25.0. The van der Waals surface area contributed by atoms with Gasteiger partial charge in [0.25, 0.3) is 10.0 Å². The molecule has 12 nitrogen and oxygen atoms in total. The van der Waals surface area contributed by atoms with Crippen LogP contribution in [0.2, 0.25) is 0 Å². The largest absolute Gasteiger partial charge is 0.480 e. The van der Waals surface area contributed by atoms with E-state index < -0.39 is 40.1 Å². The van der Waals surface area contributed by atoms with Gasteiger partial charge < -0.3 is 25.0 Å². The second-order valence-corrected chi connectivity index (χ2v) is 9.95. The van der Waals surface area contributed by atoms with Gasteiger partial charge in [0, 0.05) is 33.3 Å². The second kappa shape index (κ2) is 10.2. The number of aromatic nitrogens is 2. The fourth-order valence-electron chi connectivity index (χ4n) is 3.53. The molecule has 1 aliphatic heterocycles. The van der Waals surface area contributed by atoms with E-state index in [9.17, 15) is 27.9 Å². The van der Waals surface area contributed by atoms with E-state index in [0.717, 1.165) is 4.31 Å². The summed E-state index contributed by atoms with van der Waals surface area (Å²) in [5.74, 6) is -1.23. The number of hydrogen-bond acceptors (Lipinski definition) is 7. The van der Waals surface area contributed by atoms with Crippen molar-refractivity contribution in [1.82, 2.24) is 24.5 Å². The van der Waals surface area contributed by atoms with Crippen LogP contribution in [0.25, 0.3) is 0 Å². The first-order chi connectivity index (χ1) is 16.0. The van der Waals surface area contributed by atoms with Gasteiger partial charge in [0.05, 0.1) is 0 Å². The van der Waals surface area contributed by atoms with E-state index in [-0.39, 0.29) is 24.4 Å². The summed E-state index contributed by atoms with van der Waals surface area (Å²) in [5, 5.41) is 11.9. The molecule has 1 aromatic carbocycles. The summed E-state index contributed by atoms with van der Waals surface area (Å²) in [5.41, 5.74) is 0.584. The van der Waals surface area contributed by atoms with Crippen LogP contribution in [0.4, 0.5) is 4.79 Å². The molecule has 1 aromatic heterocycles. The van der Waals surface area contributed by atoms with Crippen LogP contribution in [-0.2, 0) is 26.0 Å². The van der Waals surface area contributed by atoms with Crippen molar-refractivity contribution < 1.29 is 32.6 Å². The number of carbonyl (C=O) groups excluding carboxylic acids is 2. The Labute approximate surface area is 197 Å². The number of sulfonamides is 1. The van der Waals surface area contributed by atoms with Crippen LogP contribution in [0.1, 0.15) is 24.2 Å². The standard InChI is InChI=1S/C21H27N5O7S/c1-13-22-12-18(23-13)34(31,32)26-10-4-5-17(26)19(27)24-16(20(28)29)11-14-6-8-15(9-7-14)33-21(30)25(2)3/h6-9,12,16-17H,4-5,10-11H2,1-3H3,(H,22,23)(H,24,27)(H,28,29)/t16-,17-/m0/s1. The lowest BCUT2D eigenvalue weighted by molar-refractivity contribution is -0.142. The summed E-state index contributed by atoms with van der Waals surface area (Å²) in [6.45, 7) is 1.75. The van der Waals surface area contributed by atoms with Crippen molar-refractivity contribution in [3.05, 3.63) is 41.9 Å². The van der Waals surface area contributed by atoms with Gasteiger partial charge >= 0.3 is 12.1 Å². The molecule has 2 amide bonds. The number of carboxylic acid groups (broad SMARTS) is 1. The van der Waals surface area contributed by atoms with E-state index in [1.807, 2.05) is 0 Å². The molecule has 0 bridgehead atoms. The quantitative estimate of drug-likeness (QED) is 0.485. The number of nitrogens with zero attached hydrogens (tertiary/aromatic N) is 3. The highest BCUT2D eigenvalue weighted by Crippen LogP contribution is 2.25. The van der Waals surface area contributed by atoms with Gasteiger partial charge in [-0.1, -0.05) is 12.1 Å². The molecule has 3 N–H and O–H groups in total. The normalized spacial score (nSPS) is 17.2. The van der Waals surface area contributed by atoms with Crippen molar-refractivity contribution in [2.75, 3.05) is 20.6 Å². The molecular weight excluding hydrogens is 466 g/mol. The van der Waals surface area contributed by atoms with E-state index in [2.05, 4.69) is 15.3 Å². The number of benzene rings is 1. The number of H-pyrrole nitrogens is 1. The highest BCUT2D eigenvalue weighted by molar-refractivity contribution is 7.89. The lowest BCUT2D eigenvalue weighted by Gasteiger charge is -2.24. The first kappa shape index (κ1) is 25.2. The number of aromatic amines is 1. The number of amides is 2. The molecule has 2 aromatic rings. The Hall–Kier alpha value is -3.45. The molecular formula is C21H27N5O7S. The molecule has 0 unspecified atom stereocenters. The summed E-state index contributed by atoms with van der Waals surface area (Å²) in [4.78, 5) is 44.3. The molecule has 13 heteroatoms. The Bertz CT molecular complexity index is 1160. The Morgan fingerprint density at radius 2 is 1.97 bits per heavy atom. The molecule has 2 heterocycles. The van der Waals surface area contributed by atoms with Crippen molar-refractivity contribution in [1.29, 1.82) is 0 Å². The zero-order valence-electron chi connectivity index (χ0n) is 19.0. The van der Waals surface area contributed by atoms with Crippen LogP contribution in [0.5, 0.6) is 5.75 Å². The number of carbonyl (C=O) groups is 3. The number of ether oxygens (including phenoxy) is 1. The van der Waals surface area contributed by atoms with Crippen molar-refractivity contribution in [3.8, 4) is 5.75 Å². The Kier molecular flexibility index (Phi) is 7.57. The summed E-state index contributed by atoms with van der Waals surface area (Å²) in [6, 6.07) is 3.92. The molecule has 3 rings (SSSR count). The number of aliphatic carboxylic acids is 1. The highest BCUT2D eigenvalue weighted by Gasteiger charge is 2.41. The zero-order valence-corrected chi connectivity index (χ0v) is 19.8. The Balaban J connectivity index is 1.69. The third-order valence-electron chi connectivity index (χ3n) is 5.31. The number of imidazole rings is 1. The van der Waals surface area contributed by atoms with Crippen molar-refractivity contribution in [2.45, 2.75) is 43.3 Å². The van der Waals surface area contributed by atoms with Crippen LogP contribution in [-0.4, -0.2) is 83.4 Å². The van der Waals surface area contributed by atoms with Gasteiger partial charge in [0.15, 0.2) is 5.03 Å². The van der Waals surface area contributed by atoms with E-state index in [4.69, 9.17) is 4.74 Å².